The van der Waals surface area contributed by atoms with Crippen LogP contribution in [0.5, 0.6) is 0 Å². The van der Waals surface area contributed by atoms with Crippen molar-refractivity contribution in [2.75, 3.05) is 58.0 Å². The van der Waals surface area contributed by atoms with E-state index in [1.807, 2.05) is 0 Å². The number of hydrogen-bond acceptors (Lipinski definition) is 6. The number of benzene rings is 1. The van der Waals surface area contributed by atoms with Gasteiger partial charge in [-0.25, -0.2) is 0 Å². The second kappa shape index (κ2) is 10.6. The van der Waals surface area contributed by atoms with Crippen LogP contribution in [0.4, 0.5) is 18.9 Å². The molecule has 9 heteroatoms. The molecule has 0 radical (unpaired) electrons. The molecule has 34 heavy (non-hydrogen) atoms. The summed E-state index contributed by atoms with van der Waals surface area (Å²) in [7, 11) is 1.63. The minimum absolute atomic E-state index is 0.00861. The minimum Gasteiger partial charge on any atom is -0.382 e. The van der Waals surface area contributed by atoms with Crippen molar-refractivity contribution in [3.05, 3.63) is 51.7 Å². The zero-order valence-electron chi connectivity index (χ0n) is 19.3. The van der Waals surface area contributed by atoms with E-state index >= 15 is 0 Å². The maximum atomic E-state index is 13.6. The molecule has 2 aliphatic heterocycles. The Morgan fingerprint density at radius 3 is 2.65 bits per heavy atom. The van der Waals surface area contributed by atoms with Gasteiger partial charge in [-0.05, 0) is 61.0 Å². The Kier molecular flexibility index (Phi) is 7.83. The lowest BCUT2D eigenvalue weighted by atomic mass is 9.71. The average molecular weight is 494 g/mol. The molecule has 1 aromatic heterocycles. The molecule has 2 aliphatic rings. The molecular formula is C25H30F3N3O2S. The largest absolute Gasteiger partial charge is 0.417 e. The van der Waals surface area contributed by atoms with Gasteiger partial charge in [-0.3, -0.25) is 4.90 Å². The molecule has 1 spiro atoms. The molecule has 0 bridgehead atoms. The van der Waals surface area contributed by atoms with E-state index in [0.29, 0.717) is 38.6 Å². The summed E-state index contributed by atoms with van der Waals surface area (Å²) in [6, 6.07) is 9.96. The van der Waals surface area contributed by atoms with Crippen LogP contribution in [0.2, 0.25) is 0 Å². The highest BCUT2D eigenvalue weighted by Gasteiger charge is 2.48. The van der Waals surface area contributed by atoms with Crippen LogP contribution < -0.4 is 4.90 Å². The molecule has 4 rings (SSSR count). The van der Waals surface area contributed by atoms with E-state index in [1.54, 1.807) is 30.6 Å². The Hall–Kier alpha value is -2.12. The number of hydrogen-bond donors (Lipinski definition) is 0. The van der Waals surface area contributed by atoms with E-state index in [4.69, 9.17) is 14.7 Å². The summed E-state index contributed by atoms with van der Waals surface area (Å²) in [4.78, 5) is 5.86. The Labute approximate surface area is 202 Å². The molecule has 2 saturated heterocycles. The Bertz CT molecular complexity index is 982. The highest BCUT2D eigenvalue weighted by molar-refractivity contribution is 7.09. The lowest BCUT2D eigenvalue weighted by molar-refractivity contribution is -0.137. The summed E-state index contributed by atoms with van der Waals surface area (Å²) in [5, 5.41) is 11.2. The van der Waals surface area contributed by atoms with Gasteiger partial charge in [-0.2, -0.15) is 18.4 Å². The number of rotatable bonds is 8. The van der Waals surface area contributed by atoms with Crippen molar-refractivity contribution in [1.82, 2.24) is 4.90 Å². The number of likely N-dealkylation sites (tertiary alicyclic amines) is 1. The van der Waals surface area contributed by atoms with Gasteiger partial charge in [-0.1, -0.05) is 6.07 Å². The summed E-state index contributed by atoms with van der Waals surface area (Å²) in [6.45, 7) is 5.78. The van der Waals surface area contributed by atoms with Gasteiger partial charge in [0.2, 0.25) is 0 Å². The van der Waals surface area contributed by atoms with Crippen molar-refractivity contribution in [3.8, 4) is 6.07 Å². The van der Waals surface area contributed by atoms with Crippen molar-refractivity contribution in [1.29, 1.82) is 5.26 Å². The van der Waals surface area contributed by atoms with Gasteiger partial charge in [-0.15, -0.1) is 11.3 Å². The molecule has 0 aliphatic carbocycles. The van der Waals surface area contributed by atoms with Crippen LogP contribution in [0.3, 0.4) is 0 Å². The van der Waals surface area contributed by atoms with Crippen molar-refractivity contribution >= 4 is 17.0 Å². The SMILES string of the molecule is COCCOCC1CN(c2ccc(C#N)c(C(F)(F)F)c2)CC12CCN(Cc1cccs1)CC2. The highest BCUT2D eigenvalue weighted by Crippen LogP contribution is 2.47. The van der Waals surface area contributed by atoms with Gasteiger partial charge in [0.05, 0.1) is 37.0 Å². The summed E-state index contributed by atoms with van der Waals surface area (Å²) in [6.07, 6.45) is -2.60. The fraction of sp³-hybridized carbons (Fsp3) is 0.560. The molecule has 0 saturated carbocycles. The molecule has 0 amide bonds. The summed E-state index contributed by atoms with van der Waals surface area (Å²) >= 11 is 1.76. The quantitative estimate of drug-likeness (QED) is 0.484. The van der Waals surface area contributed by atoms with Crippen LogP contribution in [0, 0.1) is 22.7 Å². The summed E-state index contributed by atoms with van der Waals surface area (Å²) in [5.74, 6) is 0.221. The maximum Gasteiger partial charge on any atom is 0.417 e. The van der Waals surface area contributed by atoms with Crippen LogP contribution in [0.25, 0.3) is 0 Å². The Morgan fingerprint density at radius 2 is 2.00 bits per heavy atom. The fourth-order valence-electron chi connectivity index (χ4n) is 5.23. The summed E-state index contributed by atoms with van der Waals surface area (Å²) < 4.78 is 51.7. The Balaban J connectivity index is 1.51. The number of anilines is 1. The van der Waals surface area contributed by atoms with E-state index in [1.165, 1.54) is 10.9 Å². The number of methoxy groups -OCH3 is 1. The first-order valence-corrected chi connectivity index (χ1v) is 12.4. The number of ether oxygens (including phenoxy) is 2. The predicted molar refractivity (Wildman–Crippen MR) is 126 cm³/mol. The number of thiophene rings is 1. The minimum atomic E-state index is -4.56. The van der Waals surface area contributed by atoms with E-state index in [0.717, 1.165) is 38.5 Å². The molecule has 0 N–H and O–H groups in total. The van der Waals surface area contributed by atoms with Gasteiger partial charge in [0, 0.05) is 43.2 Å². The van der Waals surface area contributed by atoms with Crippen LogP contribution >= 0.6 is 11.3 Å². The van der Waals surface area contributed by atoms with Crippen LogP contribution in [-0.2, 0) is 22.2 Å². The van der Waals surface area contributed by atoms with E-state index in [2.05, 4.69) is 27.3 Å². The lowest BCUT2D eigenvalue weighted by Gasteiger charge is -2.42. The first-order chi connectivity index (χ1) is 16.3. The predicted octanol–water partition coefficient (Wildman–Crippen LogP) is 5.02. The third-order valence-corrected chi connectivity index (χ3v) is 8.03. The average Bonchev–Trinajstić information content (AvgIpc) is 3.46. The molecule has 2 aromatic rings. The standard InChI is InChI=1S/C25H30F3N3O2S/c1-32-10-11-33-17-20-15-31(21-5-4-19(14-29)23(13-21)25(26,27)28)18-24(20)6-8-30(9-7-24)16-22-3-2-12-34-22/h2-5,12-13,20H,6-11,15-18H2,1H3. The second-order valence-electron chi connectivity index (χ2n) is 9.20. The first-order valence-electron chi connectivity index (χ1n) is 11.5. The van der Waals surface area contributed by atoms with E-state index < -0.39 is 11.7 Å². The maximum absolute atomic E-state index is 13.6. The van der Waals surface area contributed by atoms with Crippen molar-refractivity contribution in [2.24, 2.45) is 11.3 Å². The zero-order valence-corrected chi connectivity index (χ0v) is 20.1. The molecule has 3 heterocycles. The molecule has 1 atom stereocenters. The smallest absolute Gasteiger partial charge is 0.382 e. The molecule has 2 fully saturated rings. The van der Waals surface area contributed by atoms with E-state index in [-0.39, 0.29) is 16.9 Å². The van der Waals surface area contributed by atoms with Crippen molar-refractivity contribution in [2.45, 2.75) is 25.6 Å². The third kappa shape index (κ3) is 5.57. The molecule has 1 aromatic carbocycles. The first kappa shape index (κ1) is 25.0. The van der Waals surface area contributed by atoms with Crippen LogP contribution in [0.1, 0.15) is 28.8 Å². The van der Waals surface area contributed by atoms with Gasteiger partial charge in [0.15, 0.2) is 0 Å². The molecule has 5 nitrogen and oxygen atoms in total. The van der Waals surface area contributed by atoms with E-state index in [9.17, 15) is 13.2 Å². The topological polar surface area (TPSA) is 48.7 Å². The highest BCUT2D eigenvalue weighted by atomic mass is 32.1. The third-order valence-electron chi connectivity index (χ3n) is 7.17. The van der Waals surface area contributed by atoms with Gasteiger partial charge < -0.3 is 14.4 Å². The molecular weight excluding hydrogens is 463 g/mol. The van der Waals surface area contributed by atoms with Crippen molar-refractivity contribution in [3.63, 3.8) is 0 Å². The molecule has 1 unspecified atom stereocenters. The molecule has 184 valence electrons. The van der Waals surface area contributed by atoms with Gasteiger partial charge in [0.1, 0.15) is 0 Å². The van der Waals surface area contributed by atoms with Crippen LogP contribution in [-0.4, -0.2) is 58.0 Å². The number of halogens is 3. The zero-order chi connectivity index (χ0) is 24.2. The monoisotopic (exact) mass is 493 g/mol. The number of nitrogens with zero attached hydrogens (tertiary/aromatic N) is 3. The normalized spacial score (nSPS) is 20.7. The second-order valence-corrected chi connectivity index (χ2v) is 10.2. The van der Waals surface area contributed by atoms with Crippen LogP contribution in [0.15, 0.2) is 35.7 Å². The van der Waals surface area contributed by atoms with Gasteiger partial charge >= 0.3 is 6.18 Å². The summed E-state index contributed by atoms with van der Waals surface area (Å²) in [5.41, 5.74) is -0.699. The Morgan fingerprint density at radius 1 is 1.21 bits per heavy atom. The lowest BCUT2D eigenvalue weighted by Crippen LogP contribution is -2.45. The number of alkyl halides is 3. The number of nitriles is 1. The van der Waals surface area contributed by atoms with Crippen molar-refractivity contribution < 1.29 is 22.6 Å². The number of piperidine rings is 1. The van der Waals surface area contributed by atoms with Gasteiger partial charge in [0.25, 0.3) is 0 Å². The fourth-order valence-corrected chi connectivity index (χ4v) is 5.98.